The molecule has 0 bridgehead atoms. The summed E-state index contributed by atoms with van der Waals surface area (Å²) in [6.07, 6.45) is 1.71. The maximum absolute atomic E-state index is 11.4. The number of fused-ring (bicyclic) bond motifs is 1. The minimum Gasteiger partial charge on any atom is -0.364 e. The van der Waals surface area contributed by atoms with E-state index >= 15 is 0 Å². The smallest absolute Gasteiger partial charge is 0.267 e. The number of pyridine rings is 1. The lowest BCUT2D eigenvalue weighted by Crippen LogP contribution is -2.13. The largest absolute Gasteiger partial charge is 0.364 e. The van der Waals surface area contributed by atoms with E-state index in [4.69, 9.17) is 5.73 Å². The molecule has 0 saturated carbocycles. The zero-order chi connectivity index (χ0) is 13.2. The summed E-state index contributed by atoms with van der Waals surface area (Å²) in [5, 5.41) is 1.77. The second kappa shape index (κ2) is 4.53. The maximum atomic E-state index is 11.4. The molecule has 2 N–H and O–H groups in total. The standard InChI is InChI=1S/C16H12N2O/c17-16(19)15-13-9-5-4-8-12(13)14(10-18-15)11-6-2-1-3-7-11/h1-10H,(H2,17,19). The molecule has 0 atom stereocenters. The Bertz CT molecular complexity index is 751. The van der Waals surface area contributed by atoms with Crippen molar-refractivity contribution in [1.82, 2.24) is 4.98 Å². The van der Waals surface area contributed by atoms with Crippen LogP contribution in [0.4, 0.5) is 0 Å². The van der Waals surface area contributed by atoms with Crippen molar-refractivity contribution >= 4 is 16.7 Å². The monoisotopic (exact) mass is 248 g/mol. The average Bonchev–Trinajstić information content (AvgIpc) is 2.47. The predicted molar refractivity (Wildman–Crippen MR) is 75.7 cm³/mol. The number of benzene rings is 2. The molecule has 0 spiro atoms. The maximum Gasteiger partial charge on any atom is 0.267 e. The number of carbonyl (C=O) groups is 1. The van der Waals surface area contributed by atoms with Gasteiger partial charge in [0.15, 0.2) is 0 Å². The van der Waals surface area contributed by atoms with E-state index in [0.717, 1.165) is 21.9 Å². The van der Waals surface area contributed by atoms with Crippen molar-refractivity contribution < 1.29 is 4.79 Å². The number of nitrogens with zero attached hydrogens (tertiary/aromatic N) is 1. The Balaban J connectivity index is 2.35. The van der Waals surface area contributed by atoms with Gasteiger partial charge in [-0.05, 0) is 10.9 Å². The van der Waals surface area contributed by atoms with Gasteiger partial charge in [0.25, 0.3) is 5.91 Å². The van der Waals surface area contributed by atoms with Gasteiger partial charge in [-0.1, -0.05) is 54.6 Å². The molecule has 3 rings (SSSR count). The van der Waals surface area contributed by atoms with Gasteiger partial charge in [0.2, 0.25) is 0 Å². The molecule has 3 heteroatoms. The first-order valence-electron chi connectivity index (χ1n) is 6.00. The van der Waals surface area contributed by atoms with Gasteiger partial charge in [0.05, 0.1) is 0 Å². The molecule has 0 aliphatic heterocycles. The fourth-order valence-electron chi connectivity index (χ4n) is 2.24. The Morgan fingerprint density at radius 1 is 0.895 bits per heavy atom. The average molecular weight is 248 g/mol. The van der Waals surface area contributed by atoms with Crippen LogP contribution in [0.3, 0.4) is 0 Å². The quantitative estimate of drug-likeness (QED) is 0.758. The molecule has 0 aliphatic carbocycles. The van der Waals surface area contributed by atoms with Crippen LogP contribution in [0.25, 0.3) is 21.9 Å². The minimum absolute atomic E-state index is 0.315. The van der Waals surface area contributed by atoms with Crippen LogP contribution < -0.4 is 5.73 Å². The molecule has 92 valence electrons. The van der Waals surface area contributed by atoms with Crippen molar-refractivity contribution in [3.63, 3.8) is 0 Å². The van der Waals surface area contributed by atoms with Gasteiger partial charge in [-0.3, -0.25) is 4.79 Å². The summed E-state index contributed by atoms with van der Waals surface area (Å²) in [5.41, 5.74) is 7.75. The Morgan fingerprint density at radius 2 is 1.53 bits per heavy atom. The predicted octanol–water partition coefficient (Wildman–Crippen LogP) is 3.00. The normalized spacial score (nSPS) is 10.5. The van der Waals surface area contributed by atoms with Crippen molar-refractivity contribution in [2.24, 2.45) is 5.73 Å². The first kappa shape index (κ1) is 11.4. The topological polar surface area (TPSA) is 56.0 Å². The van der Waals surface area contributed by atoms with E-state index in [1.165, 1.54) is 0 Å². The van der Waals surface area contributed by atoms with E-state index in [1.807, 2.05) is 54.6 Å². The van der Waals surface area contributed by atoms with Gasteiger partial charge in [0, 0.05) is 17.1 Å². The number of primary amides is 1. The molecule has 0 saturated heterocycles. The molecule has 19 heavy (non-hydrogen) atoms. The molecule has 3 aromatic rings. The highest BCUT2D eigenvalue weighted by atomic mass is 16.1. The van der Waals surface area contributed by atoms with Gasteiger partial charge in [-0.25, -0.2) is 4.98 Å². The number of carbonyl (C=O) groups excluding carboxylic acids is 1. The summed E-state index contributed by atoms with van der Waals surface area (Å²) in [5.74, 6) is -0.504. The third kappa shape index (κ3) is 1.95. The van der Waals surface area contributed by atoms with Crippen molar-refractivity contribution in [2.75, 3.05) is 0 Å². The summed E-state index contributed by atoms with van der Waals surface area (Å²) in [4.78, 5) is 15.6. The lowest BCUT2D eigenvalue weighted by Gasteiger charge is -2.08. The van der Waals surface area contributed by atoms with E-state index < -0.39 is 5.91 Å². The molecule has 2 aromatic carbocycles. The van der Waals surface area contributed by atoms with Crippen LogP contribution in [0.5, 0.6) is 0 Å². The Hall–Kier alpha value is -2.68. The van der Waals surface area contributed by atoms with Gasteiger partial charge in [-0.15, -0.1) is 0 Å². The molecule has 0 aliphatic rings. The number of rotatable bonds is 2. The molecule has 0 unspecified atom stereocenters. The van der Waals surface area contributed by atoms with Crippen molar-refractivity contribution in [2.45, 2.75) is 0 Å². The van der Waals surface area contributed by atoms with E-state index in [1.54, 1.807) is 6.20 Å². The molecule has 1 amide bonds. The zero-order valence-corrected chi connectivity index (χ0v) is 10.2. The molecule has 1 heterocycles. The fraction of sp³-hybridized carbons (Fsp3) is 0. The van der Waals surface area contributed by atoms with Crippen LogP contribution in [-0.4, -0.2) is 10.9 Å². The van der Waals surface area contributed by atoms with E-state index in [0.29, 0.717) is 5.69 Å². The summed E-state index contributed by atoms with van der Waals surface area (Å²) >= 11 is 0. The summed E-state index contributed by atoms with van der Waals surface area (Å²) in [7, 11) is 0. The third-order valence-corrected chi connectivity index (χ3v) is 3.11. The van der Waals surface area contributed by atoms with Gasteiger partial charge < -0.3 is 5.73 Å². The fourth-order valence-corrected chi connectivity index (χ4v) is 2.24. The Morgan fingerprint density at radius 3 is 2.21 bits per heavy atom. The summed E-state index contributed by atoms with van der Waals surface area (Å²) < 4.78 is 0. The van der Waals surface area contributed by atoms with Crippen LogP contribution in [0.2, 0.25) is 0 Å². The first-order valence-corrected chi connectivity index (χ1v) is 6.00. The SMILES string of the molecule is NC(=O)c1ncc(-c2ccccc2)c2ccccc12. The highest BCUT2D eigenvalue weighted by Gasteiger charge is 2.11. The second-order valence-corrected chi connectivity index (χ2v) is 4.30. The van der Waals surface area contributed by atoms with Crippen LogP contribution in [0.1, 0.15) is 10.5 Å². The Labute approximate surface area is 110 Å². The second-order valence-electron chi connectivity index (χ2n) is 4.30. The van der Waals surface area contributed by atoms with Gasteiger partial charge >= 0.3 is 0 Å². The van der Waals surface area contributed by atoms with Crippen LogP contribution >= 0.6 is 0 Å². The number of amides is 1. The van der Waals surface area contributed by atoms with Crippen LogP contribution in [0, 0.1) is 0 Å². The summed E-state index contributed by atoms with van der Waals surface area (Å²) in [6.45, 7) is 0. The summed E-state index contributed by atoms with van der Waals surface area (Å²) in [6, 6.07) is 17.6. The van der Waals surface area contributed by atoms with Crippen LogP contribution in [-0.2, 0) is 0 Å². The number of hydrogen-bond donors (Lipinski definition) is 1. The highest BCUT2D eigenvalue weighted by molar-refractivity contribution is 6.08. The molecular formula is C16H12N2O. The molecule has 0 radical (unpaired) electrons. The molecule has 3 nitrogen and oxygen atoms in total. The van der Waals surface area contributed by atoms with E-state index in [2.05, 4.69) is 4.98 Å². The number of nitrogens with two attached hydrogens (primary N) is 1. The Kier molecular flexibility index (Phi) is 2.72. The first-order chi connectivity index (χ1) is 9.27. The number of aromatic nitrogens is 1. The molecular weight excluding hydrogens is 236 g/mol. The zero-order valence-electron chi connectivity index (χ0n) is 10.2. The van der Waals surface area contributed by atoms with Crippen LogP contribution in [0.15, 0.2) is 60.8 Å². The van der Waals surface area contributed by atoms with Crippen molar-refractivity contribution in [3.8, 4) is 11.1 Å². The van der Waals surface area contributed by atoms with E-state index in [-0.39, 0.29) is 0 Å². The highest BCUT2D eigenvalue weighted by Crippen LogP contribution is 2.29. The van der Waals surface area contributed by atoms with Gasteiger partial charge in [0.1, 0.15) is 5.69 Å². The van der Waals surface area contributed by atoms with Crippen molar-refractivity contribution in [1.29, 1.82) is 0 Å². The molecule has 1 aromatic heterocycles. The molecule has 0 fully saturated rings. The number of hydrogen-bond acceptors (Lipinski definition) is 2. The third-order valence-electron chi connectivity index (χ3n) is 3.11. The van der Waals surface area contributed by atoms with E-state index in [9.17, 15) is 4.79 Å². The lowest BCUT2D eigenvalue weighted by molar-refractivity contribution is 0.0997. The lowest BCUT2D eigenvalue weighted by atomic mass is 9.99. The minimum atomic E-state index is -0.504. The van der Waals surface area contributed by atoms with Gasteiger partial charge in [-0.2, -0.15) is 0 Å². The van der Waals surface area contributed by atoms with Crippen molar-refractivity contribution in [3.05, 3.63) is 66.5 Å².